The van der Waals surface area contributed by atoms with Crippen LogP contribution in [0.5, 0.6) is 0 Å². The van der Waals surface area contributed by atoms with Crippen LogP contribution in [0.25, 0.3) is 0 Å². The molecule has 2 heterocycles. The lowest BCUT2D eigenvalue weighted by atomic mass is 9.49. The predicted octanol–water partition coefficient (Wildman–Crippen LogP) is 2.09. The maximum Gasteiger partial charge on any atom is 0.329 e. The van der Waals surface area contributed by atoms with E-state index in [2.05, 4.69) is 10.4 Å². The molecule has 2 amide bonds. The molecule has 3 atom stereocenters. The van der Waals surface area contributed by atoms with Gasteiger partial charge in [0.15, 0.2) is 6.10 Å². The van der Waals surface area contributed by atoms with Crippen molar-refractivity contribution in [1.82, 2.24) is 14.7 Å². The third kappa shape index (κ3) is 3.91. The Bertz CT molecular complexity index is 982. The molecule has 1 aliphatic heterocycles. The number of carbonyl (C=O) groups excluding carboxylic acids is 3. The molecule has 5 aliphatic rings. The second kappa shape index (κ2) is 8.36. The first-order valence-electron chi connectivity index (χ1n) is 12.6. The SMILES string of the molecule is Cc1nn(C)c(C)c1NC(=O)C(C)OC(=O)[C@@H]1CC(O)CN1C(=O)C12CC3CC(CC(C3)C1)C2. The molecule has 1 aromatic heterocycles. The normalized spacial score (nSPS) is 34.9. The van der Waals surface area contributed by atoms with E-state index >= 15 is 0 Å². The summed E-state index contributed by atoms with van der Waals surface area (Å²) in [7, 11) is 1.79. The number of β-amino-alcohol motifs (C(OH)–C–C–N with tert-alkyl or cyclic N) is 1. The molecule has 4 aliphatic carbocycles. The molecule has 1 aromatic rings. The van der Waals surface area contributed by atoms with Gasteiger partial charge in [0.05, 0.1) is 28.6 Å². The Labute approximate surface area is 200 Å². The molecule has 0 radical (unpaired) electrons. The Morgan fingerprint density at radius 1 is 1.09 bits per heavy atom. The summed E-state index contributed by atoms with van der Waals surface area (Å²) in [5.74, 6) is 0.745. The Hall–Kier alpha value is -2.42. The number of esters is 1. The fraction of sp³-hybridized carbons (Fsp3) is 0.760. The molecular formula is C25H36N4O5. The molecule has 186 valence electrons. The lowest BCUT2D eigenvalue weighted by Gasteiger charge is -2.56. The fourth-order valence-electron chi connectivity index (χ4n) is 7.42. The van der Waals surface area contributed by atoms with Crippen LogP contribution in [0, 0.1) is 37.0 Å². The predicted molar refractivity (Wildman–Crippen MR) is 124 cm³/mol. The van der Waals surface area contributed by atoms with E-state index in [1.807, 2.05) is 6.92 Å². The van der Waals surface area contributed by atoms with Gasteiger partial charge in [0, 0.05) is 20.0 Å². The average Bonchev–Trinajstić information content (AvgIpc) is 3.26. The zero-order valence-electron chi connectivity index (χ0n) is 20.5. The van der Waals surface area contributed by atoms with Crippen LogP contribution in [0.4, 0.5) is 5.69 Å². The molecule has 4 saturated carbocycles. The van der Waals surface area contributed by atoms with Crippen LogP contribution >= 0.6 is 0 Å². The minimum Gasteiger partial charge on any atom is -0.451 e. The highest BCUT2D eigenvalue weighted by molar-refractivity contribution is 5.97. The number of carbonyl (C=O) groups is 3. The highest BCUT2D eigenvalue weighted by atomic mass is 16.5. The number of aliphatic hydroxyl groups excluding tert-OH is 1. The average molecular weight is 473 g/mol. The fourth-order valence-corrected chi connectivity index (χ4v) is 7.42. The van der Waals surface area contributed by atoms with Gasteiger partial charge in [-0.2, -0.15) is 5.10 Å². The van der Waals surface area contributed by atoms with E-state index in [9.17, 15) is 19.5 Å². The highest BCUT2D eigenvalue weighted by Crippen LogP contribution is 2.60. The zero-order chi connectivity index (χ0) is 24.4. The Kier molecular flexibility index (Phi) is 5.73. The lowest BCUT2D eigenvalue weighted by molar-refractivity contribution is -0.168. The van der Waals surface area contributed by atoms with Crippen LogP contribution in [0.15, 0.2) is 0 Å². The summed E-state index contributed by atoms with van der Waals surface area (Å²) in [6, 6.07) is -0.854. The molecule has 4 bridgehead atoms. The first-order valence-corrected chi connectivity index (χ1v) is 12.6. The Morgan fingerprint density at radius 3 is 2.21 bits per heavy atom. The first-order chi connectivity index (χ1) is 16.1. The smallest absolute Gasteiger partial charge is 0.329 e. The van der Waals surface area contributed by atoms with Gasteiger partial charge in [-0.3, -0.25) is 14.3 Å². The minimum absolute atomic E-state index is 0.00353. The van der Waals surface area contributed by atoms with E-state index in [0.29, 0.717) is 29.1 Å². The van der Waals surface area contributed by atoms with Crippen molar-refractivity contribution >= 4 is 23.5 Å². The van der Waals surface area contributed by atoms with Crippen molar-refractivity contribution in [2.45, 2.75) is 84.0 Å². The number of hydrogen-bond acceptors (Lipinski definition) is 6. The van der Waals surface area contributed by atoms with Crippen molar-refractivity contribution in [2.75, 3.05) is 11.9 Å². The molecule has 5 fully saturated rings. The number of nitrogens with one attached hydrogen (secondary N) is 1. The molecule has 0 aromatic carbocycles. The van der Waals surface area contributed by atoms with Gasteiger partial charge in [-0.15, -0.1) is 0 Å². The number of aryl methyl sites for hydroxylation is 2. The number of aromatic nitrogens is 2. The van der Waals surface area contributed by atoms with Crippen LogP contribution in [0.3, 0.4) is 0 Å². The number of amides is 2. The summed E-state index contributed by atoms with van der Waals surface area (Å²) in [4.78, 5) is 41.2. The molecule has 2 N–H and O–H groups in total. The van der Waals surface area contributed by atoms with Crippen molar-refractivity contribution in [2.24, 2.45) is 30.2 Å². The maximum absolute atomic E-state index is 13.8. The quantitative estimate of drug-likeness (QED) is 0.635. The summed E-state index contributed by atoms with van der Waals surface area (Å²) in [6.07, 6.45) is 4.71. The van der Waals surface area contributed by atoms with Gasteiger partial charge in [0.2, 0.25) is 5.91 Å². The number of ether oxygens (including phenoxy) is 1. The van der Waals surface area contributed by atoms with Crippen molar-refractivity contribution in [3.05, 3.63) is 11.4 Å². The van der Waals surface area contributed by atoms with Crippen LogP contribution in [-0.2, 0) is 26.2 Å². The summed E-state index contributed by atoms with van der Waals surface area (Å²) in [6.45, 7) is 5.31. The van der Waals surface area contributed by atoms with E-state index < -0.39 is 35.5 Å². The van der Waals surface area contributed by atoms with E-state index in [1.54, 1.807) is 23.6 Å². The molecule has 1 saturated heterocycles. The molecule has 6 rings (SSSR count). The largest absolute Gasteiger partial charge is 0.451 e. The monoisotopic (exact) mass is 472 g/mol. The van der Waals surface area contributed by atoms with E-state index in [1.165, 1.54) is 26.2 Å². The second-order valence-electron chi connectivity index (χ2n) is 11.3. The van der Waals surface area contributed by atoms with Crippen molar-refractivity contribution in [3.8, 4) is 0 Å². The van der Waals surface area contributed by atoms with Gasteiger partial charge < -0.3 is 20.1 Å². The Morgan fingerprint density at radius 2 is 1.68 bits per heavy atom. The lowest BCUT2D eigenvalue weighted by Crippen LogP contribution is -2.56. The second-order valence-corrected chi connectivity index (χ2v) is 11.3. The van der Waals surface area contributed by atoms with Crippen LogP contribution in [0.2, 0.25) is 0 Å². The Balaban J connectivity index is 1.26. The molecule has 2 unspecified atom stereocenters. The van der Waals surface area contributed by atoms with Crippen molar-refractivity contribution < 1.29 is 24.2 Å². The van der Waals surface area contributed by atoms with Crippen LogP contribution in [0.1, 0.15) is 63.3 Å². The number of nitrogens with zero attached hydrogens (tertiary/aromatic N) is 3. The van der Waals surface area contributed by atoms with Gasteiger partial charge in [-0.25, -0.2) is 4.79 Å². The van der Waals surface area contributed by atoms with Crippen LogP contribution < -0.4 is 5.32 Å². The number of rotatable bonds is 5. The molecule has 0 spiro atoms. The summed E-state index contributed by atoms with van der Waals surface area (Å²) >= 11 is 0. The summed E-state index contributed by atoms with van der Waals surface area (Å²) in [5.41, 5.74) is 1.69. The maximum atomic E-state index is 13.8. The molecular weight excluding hydrogens is 436 g/mol. The van der Waals surface area contributed by atoms with Crippen LogP contribution in [-0.4, -0.2) is 62.4 Å². The van der Waals surface area contributed by atoms with Gasteiger partial charge in [-0.1, -0.05) is 0 Å². The first kappa shape index (κ1) is 23.3. The van der Waals surface area contributed by atoms with E-state index in [4.69, 9.17) is 4.74 Å². The zero-order valence-corrected chi connectivity index (χ0v) is 20.5. The number of aliphatic hydroxyl groups is 1. The summed E-state index contributed by atoms with van der Waals surface area (Å²) in [5, 5.41) is 17.4. The highest BCUT2D eigenvalue weighted by Gasteiger charge is 2.57. The number of anilines is 1. The van der Waals surface area contributed by atoms with Crippen molar-refractivity contribution in [1.29, 1.82) is 0 Å². The van der Waals surface area contributed by atoms with E-state index in [-0.39, 0.29) is 18.9 Å². The molecule has 9 nitrogen and oxygen atoms in total. The molecule has 9 heteroatoms. The van der Waals surface area contributed by atoms with Gasteiger partial charge in [-0.05, 0) is 77.0 Å². The van der Waals surface area contributed by atoms with Gasteiger partial charge in [0.1, 0.15) is 6.04 Å². The number of likely N-dealkylation sites (tertiary alicyclic amines) is 1. The standard InChI is InChI=1S/C25H36N4O5/c1-13-21(14(2)28(4)27-13)26-22(31)15(3)34-23(32)20-8-19(30)12-29(20)24(33)25-9-16-5-17(10-25)7-18(6-16)11-25/h15-20,30H,5-12H2,1-4H3,(H,26,31)/t15?,16?,17?,18?,19?,20-,25?/m0/s1. The topological polar surface area (TPSA) is 114 Å². The minimum atomic E-state index is -1.04. The number of hydrogen-bond donors (Lipinski definition) is 2. The van der Waals surface area contributed by atoms with Gasteiger partial charge >= 0.3 is 5.97 Å². The summed E-state index contributed by atoms with van der Waals surface area (Å²) < 4.78 is 7.20. The third-order valence-electron chi connectivity index (χ3n) is 8.72. The molecule has 34 heavy (non-hydrogen) atoms. The van der Waals surface area contributed by atoms with Crippen molar-refractivity contribution in [3.63, 3.8) is 0 Å². The van der Waals surface area contributed by atoms with E-state index in [0.717, 1.165) is 25.0 Å². The third-order valence-corrected chi connectivity index (χ3v) is 8.72. The van der Waals surface area contributed by atoms with Gasteiger partial charge in [0.25, 0.3) is 5.91 Å².